The lowest BCUT2D eigenvalue weighted by molar-refractivity contribution is 0.168. The molecule has 0 atom stereocenters. The third-order valence-electron chi connectivity index (χ3n) is 2.09. The van der Waals surface area contributed by atoms with Crippen molar-refractivity contribution in [2.75, 3.05) is 11.9 Å². The van der Waals surface area contributed by atoms with Crippen LogP contribution in [0, 0.1) is 0 Å². The van der Waals surface area contributed by atoms with Gasteiger partial charge in [-0.3, -0.25) is 5.32 Å². The van der Waals surface area contributed by atoms with Crippen molar-refractivity contribution in [3.05, 3.63) is 36.7 Å². The average molecular weight is 232 g/mol. The number of carbonyl (C=O) groups excluding carboxylic acids is 1. The second kappa shape index (κ2) is 5.11. The van der Waals surface area contributed by atoms with E-state index in [1.165, 1.54) is 0 Å². The summed E-state index contributed by atoms with van der Waals surface area (Å²) in [6.07, 6.45) is 2.78. The Morgan fingerprint density at radius 2 is 2.29 bits per heavy atom. The van der Waals surface area contributed by atoms with Crippen molar-refractivity contribution in [2.24, 2.45) is 0 Å². The molecule has 0 radical (unpaired) electrons. The molecule has 0 saturated heterocycles. The van der Waals surface area contributed by atoms with Crippen LogP contribution in [0.25, 0.3) is 5.69 Å². The van der Waals surface area contributed by atoms with E-state index in [9.17, 15) is 4.79 Å². The number of ether oxygens (including phenoxy) is 1. The first-order chi connectivity index (χ1) is 8.31. The summed E-state index contributed by atoms with van der Waals surface area (Å²) in [6, 6.07) is 7.28. The molecule has 2 rings (SSSR count). The number of anilines is 1. The summed E-state index contributed by atoms with van der Waals surface area (Å²) < 4.78 is 6.39. The largest absolute Gasteiger partial charge is 0.450 e. The molecule has 17 heavy (non-hydrogen) atoms. The number of carbonyl (C=O) groups is 1. The van der Waals surface area contributed by atoms with Crippen LogP contribution < -0.4 is 5.32 Å². The fourth-order valence-corrected chi connectivity index (χ4v) is 1.39. The number of para-hydroxylation sites is 2. The molecule has 88 valence electrons. The first kappa shape index (κ1) is 11.1. The molecule has 0 aliphatic rings. The van der Waals surface area contributed by atoms with E-state index in [1.54, 1.807) is 30.1 Å². The average Bonchev–Trinajstić information content (AvgIpc) is 2.83. The number of hydrogen-bond acceptors (Lipinski definition) is 4. The highest BCUT2D eigenvalue weighted by atomic mass is 16.5. The molecule has 0 unspecified atom stereocenters. The van der Waals surface area contributed by atoms with Crippen LogP contribution >= 0.6 is 0 Å². The minimum atomic E-state index is -0.486. The molecular formula is C11H12N4O2. The fourth-order valence-electron chi connectivity index (χ4n) is 1.39. The van der Waals surface area contributed by atoms with Gasteiger partial charge in [-0.1, -0.05) is 17.3 Å². The standard InChI is InChI=1S/C11H12N4O2/c1-2-17-11(16)13-9-5-3-4-6-10(9)15-8-7-12-14-15/h3-8H,2H2,1H3,(H,13,16). The van der Waals surface area contributed by atoms with Gasteiger partial charge in [-0.15, -0.1) is 5.10 Å². The third-order valence-corrected chi connectivity index (χ3v) is 2.09. The Labute approximate surface area is 98.2 Å². The normalized spacial score (nSPS) is 9.94. The number of nitrogens with one attached hydrogen (secondary N) is 1. The van der Waals surface area contributed by atoms with Gasteiger partial charge in [0.05, 0.1) is 30.4 Å². The lowest BCUT2D eigenvalue weighted by Crippen LogP contribution is -2.15. The molecule has 2 aromatic rings. The van der Waals surface area contributed by atoms with Gasteiger partial charge in [0.1, 0.15) is 0 Å². The van der Waals surface area contributed by atoms with Crippen LogP contribution in [0.15, 0.2) is 36.7 Å². The highest BCUT2D eigenvalue weighted by Crippen LogP contribution is 2.18. The molecule has 0 bridgehead atoms. The van der Waals surface area contributed by atoms with Gasteiger partial charge in [0.15, 0.2) is 0 Å². The van der Waals surface area contributed by atoms with E-state index in [2.05, 4.69) is 15.6 Å². The maximum Gasteiger partial charge on any atom is 0.411 e. The smallest absolute Gasteiger partial charge is 0.411 e. The summed E-state index contributed by atoms with van der Waals surface area (Å²) in [4.78, 5) is 11.4. The predicted octanol–water partition coefficient (Wildman–Crippen LogP) is 1.84. The third kappa shape index (κ3) is 2.60. The zero-order chi connectivity index (χ0) is 12.1. The van der Waals surface area contributed by atoms with E-state index in [4.69, 9.17) is 4.74 Å². The summed E-state index contributed by atoms with van der Waals surface area (Å²) in [7, 11) is 0. The molecule has 6 nitrogen and oxygen atoms in total. The van der Waals surface area contributed by atoms with E-state index < -0.39 is 6.09 Å². The Bertz CT molecular complexity index is 496. The second-order valence-electron chi connectivity index (χ2n) is 3.21. The lowest BCUT2D eigenvalue weighted by Gasteiger charge is -2.09. The summed E-state index contributed by atoms with van der Waals surface area (Å²) in [5, 5.41) is 10.2. The van der Waals surface area contributed by atoms with E-state index in [0.29, 0.717) is 12.3 Å². The van der Waals surface area contributed by atoms with Gasteiger partial charge in [-0.2, -0.15) is 0 Å². The van der Waals surface area contributed by atoms with Gasteiger partial charge >= 0.3 is 6.09 Å². The number of rotatable bonds is 3. The van der Waals surface area contributed by atoms with E-state index >= 15 is 0 Å². The molecule has 1 heterocycles. The number of benzene rings is 1. The van der Waals surface area contributed by atoms with Crippen LogP contribution in [-0.4, -0.2) is 27.7 Å². The Morgan fingerprint density at radius 1 is 1.47 bits per heavy atom. The van der Waals surface area contributed by atoms with Crippen LogP contribution in [0.4, 0.5) is 10.5 Å². The number of nitrogens with zero attached hydrogens (tertiary/aromatic N) is 3. The zero-order valence-electron chi connectivity index (χ0n) is 9.33. The monoisotopic (exact) mass is 232 g/mol. The molecule has 1 aromatic carbocycles. The van der Waals surface area contributed by atoms with Crippen LogP contribution in [-0.2, 0) is 4.74 Å². The second-order valence-corrected chi connectivity index (χ2v) is 3.21. The molecule has 0 aliphatic carbocycles. The van der Waals surface area contributed by atoms with E-state index in [0.717, 1.165) is 5.69 Å². The van der Waals surface area contributed by atoms with Crippen molar-refractivity contribution in [2.45, 2.75) is 6.92 Å². The van der Waals surface area contributed by atoms with E-state index in [1.807, 2.05) is 18.2 Å². The Kier molecular flexibility index (Phi) is 3.34. The van der Waals surface area contributed by atoms with Crippen molar-refractivity contribution >= 4 is 11.8 Å². The van der Waals surface area contributed by atoms with Crippen molar-refractivity contribution < 1.29 is 9.53 Å². The van der Waals surface area contributed by atoms with Crippen LogP contribution in [0.3, 0.4) is 0 Å². The molecule has 0 fully saturated rings. The molecule has 1 N–H and O–H groups in total. The van der Waals surface area contributed by atoms with Gasteiger partial charge < -0.3 is 4.74 Å². The molecule has 0 aliphatic heterocycles. The quantitative estimate of drug-likeness (QED) is 0.876. The Balaban J connectivity index is 2.25. The zero-order valence-corrected chi connectivity index (χ0v) is 9.33. The van der Waals surface area contributed by atoms with Crippen LogP contribution in [0.5, 0.6) is 0 Å². The van der Waals surface area contributed by atoms with E-state index in [-0.39, 0.29) is 0 Å². The first-order valence-corrected chi connectivity index (χ1v) is 5.20. The van der Waals surface area contributed by atoms with Gasteiger partial charge in [0, 0.05) is 0 Å². The van der Waals surface area contributed by atoms with Crippen molar-refractivity contribution in [1.82, 2.24) is 15.0 Å². The molecule has 1 aromatic heterocycles. The van der Waals surface area contributed by atoms with Crippen LogP contribution in [0.2, 0.25) is 0 Å². The number of amides is 1. The molecule has 1 amide bonds. The maximum atomic E-state index is 11.4. The minimum Gasteiger partial charge on any atom is -0.450 e. The first-order valence-electron chi connectivity index (χ1n) is 5.20. The van der Waals surface area contributed by atoms with Crippen molar-refractivity contribution in [3.8, 4) is 5.69 Å². The van der Waals surface area contributed by atoms with Gasteiger partial charge in [-0.25, -0.2) is 9.48 Å². The van der Waals surface area contributed by atoms with Gasteiger partial charge in [0.2, 0.25) is 0 Å². The summed E-state index contributed by atoms with van der Waals surface area (Å²) in [6.45, 7) is 2.08. The topological polar surface area (TPSA) is 69.0 Å². The number of hydrogen-bond donors (Lipinski definition) is 1. The highest BCUT2D eigenvalue weighted by Gasteiger charge is 2.08. The maximum absolute atomic E-state index is 11.4. The summed E-state index contributed by atoms with van der Waals surface area (Å²) in [5.41, 5.74) is 1.36. The number of aromatic nitrogens is 3. The molecule has 0 saturated carbocycles. The van der Waals surface area contributed by atoms with Crippen molar-refractivity contribution in [1.29, 1.82) is 0 Å². The summed E-state index contributed by atoms with van der Waals surface area (Å²) >= 11 is 0. The minimum absolute atomic E-state index is 0.331. The molecule has 6 heteroatoms. The molecular weight excluding hydrogens is 220 g/mol. The SMILES string of the molecule is CCOC(=O)Nc1ccccc1-n1ccnn1. The fraction of sp³-hybridized carbons (Fsp3) is 0.182. The Morgan fingerprint density at radius 3 is 3.00 bits per heavy atom. The van der Waals surface area contributed by atoms with Crippen molar-refractivity contribution in [3.63, 3.8) is 0 Å². The lowest BCUT2D eigenvalue weighted by atomic mass is 10.2. The molecule has 0 spiro atoms. The van der Waals surface area contributed by atoms with Gasteiger partial charge in [-0.05, 0) is 19.1 Å². The van der Waals surface area contributed by atoms with Crippen LogP contribution in [0.1, 0.15) is 6.92 Å². The predicted molar refractivity (Wildman–Crippen MR) is 62.0 cm³/mol. The summed E-state index contributed by atoms with van der Waals surface area (Å²) in [5.74, 6) is 0. The van der Waals surface area contributed by atoms with Gasteiger partial charge in [0.25, 0.3) is 0 Å². The Hall–Kier alpha value is -2.37. The highest BCUT2D eigenvalue weighted by molar-refractivity contribution is 5.87.